The summed E-state index contributed by atoms with van der Waals surface area (Å²) in [4.78, 5) is 10.7. The summed E-state index contributed by atoms with van der Waals surface area (Å²) in [5, 5.41) is 9.34. The smallest absolute Gasteiger partial charge is 0.156 e. The molecule has 0 aliphatic heterocycles. The van der Waals surface area contributed by atoms with Gasteiger partial charge in [0.2, 0.25) is 0 Å². The van der Waals surface area contributed by atoms with Crippen LogP contribution in [0.2, 0.25) is 0 Å². The molecule has 1 unspecified atom stereocenters. The quantitative estimate of drug-likeness (QED) is 0.408. The molecule has 0 radical (unpaired) electrons. The molecule has 15 heavy (non-hydrogen) atoms. The second kappa shape index (κ2) is 7.82. The van der Waals surface area contributed by atoms with Crippen LogP contribution in [0.3, 0.4) is 0 Å². The molecule has 0 spiro atoms. The van der Waals surface area contributed by atoms with Crippen molar-refractivity contribution in [2.24, 2.45) is 0 Å². The van der Waals surface area contributed by atoms with E-state index >= 15 is 0 Å². The molecular weight excluding hydrogens is 196 g/mol. The molecule has 0 aliphatic carbocycles. The van der Waals surface area contributed by atoms with Crippen molar-refractivity contribution in [3.63, 3.8) is 0 Å². The lowest BCUT2D eigenvalue weighted by atomic mass is 10.2. The van der Waals surface area contributed by atoms with Crippen LogP contribution in [0.1, 0.15) is 6.92 Å². The third-order valence-corrected chi connectivity index (χ3v) is 1.45. The number of methoxy groups -OCH3 is 2. The summed E-state index contributed by atoms with van der Waals surface area (Å²) in [6.45, 7) is 1.42. The van der Waals surface area contributed by atoms with E-state index in [1.807, 2.05) is 0 Å². The van der Waals surface area contributed by atoms with Crippen molar-refractivity contribution in [1.82, 2.24) is 0 Å². The predicted octanol–water partition coefficient (Wildman–Crippen LogP) is 1.18. The number of allylic oxidation sites excluding steroid dienone is 2. The Kier molecular flexibility index (Phi) is 7.01. The molecule has 0 aromatic rings. The van der Waals surface area contributed by atoms with Gasteiger partial charge in [-0.25, -0.2) is 0 Å². The zero-order valence-corrected chi connectivity index (χ0v) is 9.14. The van der Waals surface area contributed by atoms with E-state index in [1.165, 1.54) is 51.7 Å². The van der Waals surface area contributed by atoms with Gasteiger partial charge in [0, 0.05) is 6.08 Å². The lowest BCUT2D eigenvalue weighted by Crippen LogP contribution is -1.97. The van der Waals surface area contributed by atoms with Crippen LogP contribution < -0.4 is 0 Å². The first-order valence-electron chi connectivity index (χ1n) is 4.42. The summed E-state index contributed by atoms with van der Waals surface area (Å²) in [5.41, 5.74) is 0. The first-order valence-corrected chi connectivity index (χ1v) is 4.42. The third kappa shape index (κ3) is 7.52. The molecule has 0 rings (SSSR count). The number of hydrogen-bond acceptors (Lipinski definition) is 4. The average Bonchev–Trinajstić information content (AvgIpc) is 2.20. The number of aliphatic hydroxyl groups excluding tert-OH is 1. The van der Waals surface area contributed by atoms with E-state index in [4.69, 9.17) is 4.74 Å². The number of carbonyl (C=O) groups excluding carboxylic acids is 1. The van der Waals surface area contributed by atoms with E-state index in [2.05, 4.69) is 4.74 Å². The van der Waals surface area contributed by atoms with E-state index in [-0.39, 0.29) is 5.78 Å². The summed E-state index contributed by atoms with van der Waals surface area (Å²) >= 11 is 0. The molecule has 0 aromatic carbocycles. The van der Waals surface area contributed by atoms with Gasteiger partial charge in [0.15, 0.2) is 5.78 Å². The van der Waals surface area contributed by atoms with Gasteiger partial charge in [-0.1, -0.05) is 0 Å². The van der Waals surface area contributed by atoms with Crippen molar-refractivity contribution < 1.29 is 19.4 Å². The minimum atomic E-state index is -0.768. The van der Waals surface area contributed by atoms with Gasteiger partial charge >= 0.3 is 0 Å². The first-order chi connectivity index (χ1) is 7.10. The summed E-state index contributed by atoms with van der Waals surface area (Å²) in [6.07, 6.45) is 6.40. The van der Waals surface area contributed by atoms with E-state index in [1.54, 1.807) is 0 Å². The highest BCUT2D eigenvalue weighted by Crippen LogP contribution is 2.00. The van der Waals surface area contributed by atoms with Crippen molar-refractivity contribution in [2.75, 3.05) is 14.2 Å². The van der Waals surface area contributed by atoms with Crippen molar-refractivity contribution >= 4 is 5.78 Å². The topological polar surface area (TPSA) is 55.8 Å². The Hall–Kier alpha value is -1.55. The number of rotatable bonds is 6. The highest BCUT2D eigenvalue weighted by Gasteiger charge is 1.95. The molecule has 0 fully saturated rings. The summed E-state index contributed by atoms with van der Waals surface area (Å²) in [7, 11) is 2.94. The van der Waals surface area contributed by atoms with Crippen molar-refractivity contribution in [3.05, 3.63) is 36.3 Å². The van der Waals surface area contributed by atoms with Gasteiger partial charge < -0.3 is 14.6 Å². The van der Waals surface area contributed by atoms with Crippen LogP contribution in [0.15, 0.2) is 36.3 Å². The number of ether oxygens (including phenoxy) is 2. The molecule has 0 bridgehead atoms. The predicted molar refractivity (Wildman–Crippen MR) is 57.1 cm³/mol. The maximum atomic E-state index is 10.7. The van der Waals surface area contributed by atoms with Crippen LogP contribution in [0.25, 0.3) is 0 Å². The highest BCUT2D eigenvalue weighted by molar-refractivity contribution is 5.88. The Morgan fingerprint density at radius 3 is 2.47 bits per heavy atom. The molecule has 4 heteroatoms. The zero-order chi connectivity index (χ0) is 11.7. The van der Waals surface area contributed by atoms with Gasteiger partial charge in [-0.2, -0.15) is 0 Å². The second-order valence-electron chi connectivity index (χ2n) is 2.78. The van der Waals surface area contributed by atoms with Crippen molar-refractivity contribution in [2.45, 2.75) is 13.0 Å². The van der Waals surface area contributed by atoms with Gasteiger partial charge in [-0.05, 0) is 25.2 Å². The Morgan fingerprint density at radius 1 is 1.33 bits per heavy atom. The number of carbonyl (C=O) groups is 1. The Bertz CT molecular complexity index is 276. The Balaban J connectivity index is 4.35. The summed E-state index contributed by atoms with van der Waals surface area (Å²) in [5.74, 6) is 0.283. The Labute approximate surface area is 89.5 Å². The molecule has 0 saturated heterocycles. The first kappa shape index (κ1) is 13.4. The fraction of sp³-hybridized carbons (Fsp3) is 0.364. The number of aliphatic hydroxyl groups is 1. The lowest BCUT2D eigenvalue weighted by molar-refractivity contribution is -0.112. The normalized spacial score (nSPS) is 14.5. The van der Waals surface area contributed by atoms with Crippen LogP contribution in [0.5, 0.6) is 0 Å². The van der Waals surface area contributed by atoms with Crippen LogP contribution in [0.4, 0.5) is 0 Å². The van der Waals surface area contributed by atoms with Crippen LogP contribution in [-0.2, 0) is 14.3 Å². The molecule has 84 valence electrons. The fourth-order valence-corrected chi connectivity index (χ4v) is 0.792. The van der Waals surface area contributed by atoms with Crippen LogP contribution in [-0.4, -0.2) is 31.2 Å². The van der Waals surface area contributed by atoms with Crippen LogP contribution in [0, 0.1) is 0 Å². The average molecular weight is 212 g/mol. The molecule has 0 aromatic heterocycles. The minimum Gasteiger partial charge on any atom is -0.505 e. The minimum absolute atomic E-state index is 0.113. The van der Waals surface area contributed by atoms with Crippen molar-refractivity contribution in [3.8, 4) is 0 Å². The van der Waals surface area contributed by atoms with E-state index in [9.17, 15) is 9.90 Å². The Morgan fingerprint density at radius 2 is 2.00 bits per heavy atom. The zero-order valence-electron chi connectivity index (χ0n) is 9.14. The molecule has 1 N–H and O–H groups in total. The standard InChI is InChI=1S/C11H16O4/c1-9(12)8-11(15-3)5-4-10(13)6-7-14-2/h4-8,10,13H,1-3H3/b5-4+,7-6+,11-8-. The molecule has 1 atom stereocenters. The van der Waals surface area contributed by atoms with Crippen LogP contribution >= 0.6 is 0 Å². The van der Waals surface area contributed by atoms with E-state index < -0.39 is 6.10 Å². The molecule has 0 heterocycles. The monoisotopic (exact) mass is 212 g/mol. The van der Waals surface area contributed by atoms with E-state index in [0.29, 0.717) is 5.76 Å². The highest BCUT2D eigenvalue weighted by atomic mass is 16.5. The third-order valence-electron chi connectivity index (χ3n) is 1.45. The van der Waals surface area contributed by atoms with Gasteiger partial charge in [0.1, 0.15) is 5.76 Å². The van der Waals surface area contributed by atoms with Gasteiger partial charge in [-0.15, -0.1) is 0 Å². The number of hydrogen-bond donors (Lipinski definition) is 1. The lowest BCUT2D eigenvalue weighted by Gasteiger charge is -2.00. The maximum Gasteiger partial charge on any atom is 0.156 e. The molecule has 0 amide bonds. The van der Waals surface area contributed by atoms with Crippen molar-refractivity contribution in [1.29, 1.82) is 0 Å². The summed E-state index contributed by atoms with van der Waals surface area (Å²) in [6, 6.07) is 0. The largest absolute Gasteiger partial charge is 0.505 e. The summed E-state index contributed by atoms with van der Waals surface area (Å²) < 4.78 is 9.54. The molecular formula is C11H16O4. The van der Waals surface area contributed by atoms with Gasteiger partial charge in [0.05, 0.1) is 26.6 Å². The molecule has 4 nitrogen and oxygen atoms in total. The molecule has 0 aliphatic rings. The number of ketones is 1. The maximum absolute atomic E-state index is 10.7. The van der Waals surface area contributed by atoms with Gasteiger partial charge in [0.25, 0.3) is 0 Å². The van der Waals surface area contributed by atoms with Gasteiger partial charge in [-0.3, -0.25) is 4.79 Å². The molecule has 0 saturated carbocycles. The second-order valence-corrected chi connectivity index (χ2v) is 2.78. The SMILES string of the molecule is CO/C=C/C(O)/C=C/C(=C/C(C)=O)OC. The fourth-order valence-electron chi connectivity index (χ4n) is 0.792. The van der Waals surface area contributed by atoms with E-state index in [0.717, 1.165) is 0 Å².